The Morgan fingerprint density at radius 3 is 2.56 bits per heavy atom. The van der Waals surface area contributed by atoms with Gasteiger partial charge in [0.1, 0.15) is 12.2 Å². The summed E-state index contributed by atoms with van der Waals surface area (Å²) in [6.45, 7) is 0. The molecule has 0 saturated carbocycles. The number of benzene rings is 1. The Balaban J connectivity index is 3.08. The monoisotopic (exact) mass is 222 g/mol. The topological polar surface area (TPSA) is 74.6 Å². The Morgan fingerprint density at radius 2 is 2.00 bits per heavy atom. The number of carboxylic acids is 2. The fourth-order valence-corrected chi connectivity index (χ4v) is 1.02. The van der Waals surface area contributed by atoms with E-state index in [2.05, 4.69) is 11.8 Å². The quantitative estimate of drug-likeness (QED) is 0.740. The lowest BCUT2D eigenvalue weighted by molar-refractivity contribution is -0.135. The molecule has 0 spiro atoms. The maximum atomic E-state index is 12.8. The molecule has 5 heteroatoms. The van der Waals surface area contributed by atoms with Gasteiger partial charge in [-0.15, -0.1) is 0 Å². The molecule has 0 aromatic heterocycles. The van der Waals surface area contributed by atoms with Gasteiger partial charge in [0.05, 0.1) is 5.56 Å². The molecule has 0 bridgehead atoms. The number of hydrogen-bond acceptors (Lipinski definition) is 2. The van der Waals surface area contributed by atoms with E-state index in [0.29, 0.717) is 0 Å². The van der Waals surface area contributed by atoms with Crippen LogP contribution in [-0.2, 0) is 4.79 Å². The predicted octanol–water partition coefficient (Wildman–Crippen LogP) is 1.35. The molecule has 0 radical (unpaired) electrons. The average molecular weight is 222 g/mol. The van der Waals surface area contributed by atoms with E-state index in [9.17, 15) is 14.0 Å². The van der Waals surface area contributed by atoms with Crippen LogP contribution in [-0.4, -0.2) is 22.2 Å². The van der Waals surface area contributed by atoms with Gasteiger partial charge in [0.15, 0.2) is 0 Å². The summed E-state index contributed by atoms with van der Waals surface area (Å²) in [5.41, 5.74) is -0.187. The Hall–Kier alpha value is -2.35. The first-order valence-electron chi connectivity index (χ1n) is 4.24. The van der Waals surface area contributed by atoms with Crippen molar-refractivity contribution in [1.82, 2.24) is 0 Å². The van der Waals surface area contributed by atoms with Crippen molar-refractivity contribution in [3.63, 3.8) is 0 Å². The third-order valence-electron chi connectivity index (χ3n) is 1.67. The lowest BCUT2D eigenvalue weighted by Crippen LogP contribution is -2.00. The first-order valence-corrected chi connectivity index (χ1v) is 4.24. The van der Waals surface area contributed by atoms with Gasteiger partial charge in [-0.1, -0.05) is 11.8 Å². The second-order valence-corrected chi connectivity index (χ2v) is 2.87. The maximum absolute atomic E-state index is 12.8. The molecule has 0 aliphatic rings. The van der Waals surface area contributed by atoms with E-state index in [-0.39, 0.29) is 11.1 Å². The van der Waals surface area contributed by atoms with Gasteiger partial charge in [-0.25, -0.2) is 9.18 Å². The first kappa shape index (κ1) is 11.7. The molecule has 0 unspecified atom stereocenters. The molecule has 0 aliphatic carbocycles. The van der Waals surface area contributed by atoms with Gasteiger partial charge in [0, 0.05) is 5.56 Å². The van der Waals surface area contributed by atoms with Crippen molar-refractivity contribution in [3.8, 4) is 11.8 Å². The summed E-state index contributed by atoms with van der Waals surface area (Å²) < 4.78 is 12.8. The van der Waals surface area contributed by atoms with Crippen molar-refractivity contribution < 1.29 is 24.2 Å². The summed E-state index contributed by atoms with van der Waals surface area (Å²) in [4.78, 5) is 20.9. The Labute approximate surface area is 90.3 Å². The standard InChI is InChI=1S/C11H7FO4/c12-8-4-5-9(11(15)16)7(6-8)2-1-3-10(13)14/h4-6H,3H2,(H,13,14)(H,15,16). The van der Waals surface area contributed by atoms with Crippen LogP contribution >= 0.6 is 0 Å². The van der Waals surface area contributed by atoms with Gasteiger partial charge >= 0.3 is 11.9 Å². The van der Waals surface area contributed by atoms with Gasteiger partial charge in [0.2, 0.25) is 0 Å². The van der Waals surface area contributed by atoms with Crippen LogP contribution in [0.2, 0.25) is 0 Å². The molecule has 0 amide bonds. The lowest BCUT2D eigenvalue weighted by Gasteiger charge is -1.98. The lowest BCUT2D eigenvalue weighted by atomic mass is 10.1. The molecular weight excluding hydrogens is 215 g/mol. The summed E-state index contributed by atoms with van der Waals surface area (Å²) >= 11 is 0. The van der Waals surface area contributed by atoms with E-state index >= 15 is 0 Å². The van der Waals surface area contributed by atoms with Crippen LogP contribution in [0, 0.1) is 17.7 Å². The van der Waals surface area contributed by atoms with E-state index in [1.807, 2.05) is 0 Å². The molecule has 0 saturated heterocycles. The molecule has 0 fully saturated rings. The Kier molecular flexibility index (Phi) is 3.62. The van der Waals surface area contributed by atoms with Crippen molar-refractivity contribution in [1.29, 1.82) is 0 Å². The molecule has 1 rings (SSSR count). The van der Waals surface area contributed by atoms with E-state index < -0.39 is 24.2 Å². The van der Waals surface area contributed by atoms with Crippen LogP contribution in [0.1, 0.15) is 22.3 Å². The molecule has 0 aliphatic heterocycles. The molecule has 2 N–H and O–H groups in total. The highest BCUT2D eigenvalue weighted by Gasteiger charge is 2.08. The van der Waals surface area contributed by atoms with Gasteiger partial charge in [-0.3, -0.25) is 4.79 Å². The van der Waals surface area contributed by atoms with Crippen molar-refractivity contribution in [2.24, 2.45) is 0 Å². The minimum absolute atomic E-state index is 0.0336. The first-order chi connectivity index (χ1) is 7.50. The van der Waals surface area contributed by atoms with Crippen molar-refractivity contribution >= 4 is 11.9 Å². The molecule has 1 aromatic rings. The molecule has 16 heavy (non-hydrogen) atoms. The summed E-state index contributed by atoms with van der Waals surface area (Å²) in [5, 5.41) is 17.1. The molecular formula is C11H7FO4. The Bertz CT molecular complexity index is 496. The Morgan fingerprint density at radius 1 is 1.31 bits per heavy atom. The van der Waals surface area contributed by atoms with Crippen LogP contribution in [0.4, 0.5) is 4.39 Å². The number of aromatic carboxylic acids is 1. The SMILES string of the molecule is O=C(O)CC#Cc1cc(F)ccc1C(=O)O. The minimum atomic E-state index is -1.24. The number of carboxylic acid groups (broad SMARTS) is 2. The van der Waals surface area contributed by atoms with Crippen molar-refractivity contribution in [2.45, 2.75) is 6.42 Å². The summed E-state index contributed by atoms with van der Waals surface area (Å²) in [7, 11) is 0. The zero-order chi connectivity index (χ0) is 12.1. The van der Waals surface area contributed by atoms with Gasteiger partial charge in [-0.05, 0) is 18.2 Å². The molecule has 0 heterocycles. The molecule has 82 valence electrons. The van der Waals surface area contributed by atoms with E-state index in [1.165, 1.54) is 0 Å². The van der Waals surface area contributed by atoms with Gasteiger partial charge in [0.25, 0.3) is 0 Å². The predicted molar refractivity (Wildman–Crippen MR) is 52.5 cm³/mol. The van der Waals surface area contributed by atoms with Crippen LogP contribution in [0.25, 0.3) is 0 Å². The third-order valence-corrected chi connectivity index (χ3v) is 1.67. The third kappa shape index (κ3) is 3.10. The number of aliphatic carboxylic acids is 1. The van der Waals surface area contributed by atoms with E-state index in [0.717, 1.165) is 18.2 Å². The minimum Gasteiger partial charge on any atom is -0.481 e. The van der Waals surface area contributed by atoms with E-state index in [1.54, 1.807) is 0 Å². The van der Waals surface area contributed by atoms with Crippen LogP contribution in [0.15, 0.2) is 18.2 Å². The number of carbonyl (C=O) groups is 2. The smallest absolute Gasteiger partial charge is 0.336 e. The summed E-state index contributed by atoms with van der Waals surface area (Å²) in [5.74, 6) is 1.58. The van der Waals surface area contributed by atoms with Crippen LogP contribution in [0.3, 0.4) is 0 Å². The fraction of sp³-hybridized carbons (Fsp3) is 0.0909. The zero-order valence-electron chi connectivity index (χ0n) is 8.03. The number of hydrogen-bond donors (Lipinski definition) is 2. The second-order valence-electron chi connectivity index (χ2n) is 2.87. The van der Waals surface area contributed by atoms with E-state index in [4.69, 9.17) is 10.2 Å². The average Bonchev–Trinajstić information content (AvgIpc) is 2.16. The normalized spacial score (nSPS) is 9.06. The highest BCUT2D eigenvalue weighted by molar-refractivity contribution is 5.90. The van der Waals surface area contributed by atoms with Crippen LogP contribution < -0.4 is 0 Å². The maximum Gasteiger partial charge on any atom is 0.336 e. The number of rotatable bonds is 2. The fourth-order valence-electron chi connectivity index (χ4n) is 1.02. The molecule has 0 atom stereocenters. The van der Waals surface area contributed by atoms with Gasteiger partial charge < -0.3 is 10.2 Å². The number of halogens is 1. The molecule has 4 nitrogen and oxygen atoms in total. The van der Waals surface area contributed by atoms with Crippen LogP contribution in [0.5, 0.6) is 0 Å². The molecule has 1 aromatic carbocycles. The van der Waals surface area contributed by atoms with Gasteiger partial charge in [-0.2, -0.15) is 0 Å². The largest absolute Gasteiger partial charge is 0.481 e. The summed E-state index contributed by atoms with van der Waals surface area (Å²) in [6.07, 6.45) is -0.421. The second kappa shape index (κ2) is 4.94. The highest BCUT2D eigenvalue weighted by atomic mass is 19.1. The summed E-state index contributed by atoms with van der Waals surface area (Å²) in [6, 6.07) is 3.05. The zero-order valence-corrected chi connectivity index (χ0v) is 8.03. The highest BCUT2D eigenvalue weighted by Crippen LogP contribution is 2.10. The van der Waals surface area contributed by atoms with Crippen molar-refractivity contribution in [2.75, 3.05) is 0 Å². The van der Waals surface area contributed by atoms with Crippen molar-refractivity contribution in [3.05, 3.63) is 35.1 Å².